The second-order valence-electron chi connectivity index (χ2n) is 5.40. The van der Waals surface area contributed by atoms with Crippen LogP contribution in [-0.2, 0) is 10.0 Å². The number of rotatable bonds is 5. The molecule has 2 heterocycles. The summed E-state index contributed by atoms with van der Waals surface area (Å²) in [7, 11) is -2.26. The van der Waals surface area contributed by atoms with E-state index >= 15 is 0 Å². The van der Waals surface area contributed by atoms with E-state index in [4.69, 9.17) is 4.74 Å². The van der Waals surface area contributed by atoms with Crippen LogP contribution in [0.5, 0.6) is 5.88 Å². The van der Waals surface area contributed by atoms with Gasteiger partial charge in [-0.2, -0.15) is 0 Å². The van der Waals surface area contributed by atoms with Crippen LogP contribution in [0.25, 0.3) is 0 Å². The Hall–Kier alpha value is -2.26. The van der Waals surface area contributed by atoms with Crippen LogP contribution < -0.4 is 14.4 Å². The van der Waals surface area contributed by atoms with E-state index in [1.54, 1.807) is 6.20 Å². The molecule has 1 fully saturated rings. The topological polar surface area (TPSA) is 84.4 Å². The van der Waals surface area contributed by atoms with Gasteiger partial charge in [0, 0.05) is 31.5 Å². The second kappa shape index (κ2) is 6.70. The van der Waals surface area contributed by atoms with Gasteiger partial charge in [0.2, 0.25) is 10.0 Å². The molecule has 0 saturated carbocycles. The molecule has 2 aromatic rings. The molecule has 24 heavy (non-hydrogen) atoms. The molecule has 0 aliphatic carbocycles. The number of nitrogens with zero attached hydrogens (tertiary/aromatic N) is 3. The highest BCUT2D eigenvalue weighted by Crippen LogP contribution is 2.26. The summed E-state index contributed by atoms with van der Waals surface area (Å²) in [4.78, 5) is 10.2. The van der Waals surface area contributed by atoms with Gasteiger partial charge < -0.3 is 9.64 Å². The SMILES string of the molecule is COc1nccnc1N1CC[C@H](NS(=O)(=O)c2cccc(F)c2)C1. The fourth-order valence-electron chi connectivity index (χ4n) is 2.65. The van der Waals surface area contributed by atoms with E-state index in [0.29, 0.717) is 31.2 Å². The Morgan fingerprint density at radius 3 is 2.88 bits per heavy atom. The van der Waals surface area contributed by atoms with Gasteiger partial charge in [-0.15, -0.1) is 0 Å². The Morgan fingerprint density at radius 1 is 1.33 bits per heavy atom. The van der Waals surface area contributed by atoms with E-state index in [1.165, 1.54) is 31.5 Å². The molecule has 1 atom stereocenters. The standard InChI is InChI=1S/C15H17FN4O3S/c1-23-15-14(17-6-7-18-15)20-8-5-12(10-20)19-24(21,22)13-4-2-3-11(16)9-13/h2-4,6-7,9,12,19H,5,8,10H2,1H3/t12-/m0/s1. The van der Waals surface area contributed by atoms with Crippen molar-refractivity contribution in [1.82, 2.24) is 14.7 Å². The minimum absolute atomic E-state index is 0.0852. The van der Waals surface area contributed by atoms with Crippen molar-refractivity contribution < 1.29 is 17.5 Å². The molecule has 1 N–H and O–H groups in total. The Kier molecular flexibility index (Phi) is 4.63. The van der Waals surface area contributed by atoms with Crippen LogP contribution in [0.1, 0.15) is 6.42 Å². The zero-order valence-electron chi connectivity index (χ0n) is 13.0. The van der Waals surface area contributed by atoms with Gasteiger partial charge in [-0.3, -0.25) is 0 Å². The van der Waals surface area contributed by atoms with E-state index in [0.717, 1.165) is 6.07 Å². The first-order chi connectivity index (χ1) is 11.5. The molecule has 1 saturated heterocycles. The smallest absolute Gasteiger partial charge is 0.257 e. The van der Waals surface area contributed by atoms with E-state index < -0.39 is 15.8 Å². The summed E-state index contributed by atoms with van der Waals surface area (Å²) < 4.78 is 45.8. The van der Waals surface area contributed by atoms with Gasteiger partial charge in [-0.1, -0.05) is 6.07 Å². The molecule has 128 valence electrons. The van der Waals surface area contributed by atoms with Crippen molar-refractivity contribution >= 4 is 15.8 Å². The van der Waals surface area contributed by atoms with Crippen molar-refractivity contribution in [2.45, 2.75) is 17.4 Å². The third kappa shape index (κ3) is 3.46. The van der Waals surface area contributed by atoms with Crippen molar-refractivity contribution in [2.75, 3.05) is 25.1 Å². The van der Waals surface area contributed by atoms with Gasteiger partial charge in [-0.25, -0.2) is 27.5 Å². The van der Waals surface area contributed by atoms with Gasteiger partial charge in [0.1, 0.15) is 5.82 Å². The highest BCUT2D eigenvalue weighted by Gasteiger charge is 2.29. The zero-order valence-corrected chi connectivity index (χ0v) is 13.8. The third-order valence-electron chi connectivity index (χ3n) is 3.76. The predicted molar refractivity (Wildman–Crippen MR) is 85.9 cm³/mol. The summed E-state index contributed by atoms with van der Waals surface area (Å²) in [6.45, 7) is 1.05. The van der Waals surface area contributed by atoms with Crippen LogP contribution in [-0.4, -0.2) is 44.6 Å². The van der Waals surface area contributed by atoms with E-state index in [-0.39, 0.29) is 10.9 Å². The maximum atomic E-state index is 13.2. The molecule has 0 radical (unpaired) electrons. The summed E-state index contributed by atoms with van der Waals surface area (Å²) in [5.74, 6) is 0.383. The fraction of sp³-hybridized carbons (Fsp3) is 0.333. The number of aromatic nitrogens is 2. The molecule has 9 heteroatoms. The lowest BCUT2D eigenvalue weighted by molar-refractivity contribution is 0.396. The van der Waals surface area contributed by atoms with Crippen molar-refractivity contribution in [3.05, 3.63) is 42.5 Å². The number of hydrogen-bond acceptors (Lipinski definition) is 6. The quantitative estimate of drug-likeness (QED) is 0.870. The van der Waals surface area contributed by atoms with E-state index in [9.17, 15) is 12.8 Å². The largest absolute Gasteiger partial charge is 0.478 e. The Labute approximate surface area is 139 Å². The fourth-order valence-corrected chi connectivity index (χ4v) is 3.94. The highest BCUT2D eigenvalue weighted by molar-refractivity contribution is 7.89. The summed E-state index contributed by atoms with van der Waals surface area (Å²) in [6, 6.07) is 4.64. The van der Waals surface area contributed by atoms with Gasteiger partial charge in [0.25, 0.3) is 5.88 Å². The number of anilines is 1. The van der Waals surface area contributed by atoms with Crippen molar-refractivity contribution in [2.24, 2.45) is 0 Å². The molecule has 3 rings (SSSR count). The first kappa shape index (κ1) is 16.6. The molecule has 1 aliphatic heterocycles. The molecule has 1 aliphatic rings. The lowest BCUT2D eigenvalue weighted by atomic mass is 10.3. The minimum atomic E-state index is -3.77. The summed E-state index contributed by atoms with van der Waals surface area (Å²) >= 11 is 0. The Bertz CT molecular complexity index is 831. The van der Waals surface area contributed by atoms with Crippen LogP contribution in [0.4, 0.5) is 10.2 Å². The Balaban J connectivity index is 1.72. The van der Waals surface area contributed by atoms with Gasteiger partial charge in [0.15, 0.2) is 5.82 Å². The normalized spacial score (nSPS) is 17.9. The number of ether oxygens (including phenoxy) is 1. The molecule has 1 aromatic heterocycles. The molecular weight excluding hydrogens is 335 g/mol. The lowest BCUT2D eigenvalue weighted by Crippen LogP contribution is -2.37. The monoisotopic (exact) mass is 352 g/mol. The molecule has 1 aromatic carbocycles. The van der Waals surface area contributed by atoms with Crippen LogP contribution >= 0.6 is 0 Å². The summed E-state index contributed by atoms with van der Waals surface area (Å²) in [5, 5.41) is 0. The Morgan fingerprint density at radius 2 is 2.12 bits per heavy atom. The van der Waals surface area contributed by atoms with Crippen LogP contribution in [0.3, 0.4) is 0 Å². The molecule has 7 nitrogen and oxygen atoms in total. The van der Waals surface area contributed by atoms with Crippen molar-refractivity contribution in [3.63, 3.8) is 0 Å². The zero-order chi connectivity index (χ0) is 17.2. The number of halogens is 1. The number of benzene rings is 1. The average molecular weight is 352 g/mol. The van der Waals surface area contributed by atoms with Crippen LogP contribution in [0, 0.1) is 5.82 Å². The predicted octanol–water partition coefficient (Wildman–Crippen LogP) is 1.18. The lowest BCUT2D eigenvalue weighted by Gasteiger charge is -2.19. The van der Waals surface area contributed by atoms with Crippen molar-refractivity contribution in [1.29, 1.82) is 0 Å². The molecule has 0 bridgehead atoms. The van der Waals surface area contributed by atoms with E-state index in [1.807, 2.05) is 4.90 Å². The van der Waals surface area contributed by atoms with E-state index in [2.05, 4.69) is 14.7 Å². The number of methoxy groups -OCH3 is 1. The molecule has 0 spiro atoms. The maximum absolute atomic E-state index is 13.2. The average Bonchev–Trinajstić information content (AvgIpc) is 3.02. The van der Waals surface area contributed by atoms with Gasteiger partial charge in [0.05, 0.1) is 12.0 Å². The van der Waals surface area contributed by atoms with Crippen molar-refractivity contribution in [3.8, 4) is 5.88 Å². The number of nitrogens with one attached hydrogen (secondary N) is 1. The van der Waals surface area contributed by atoms with Gasteiger partial charge >= 0.3 is 0 Å². The third-order valence-corrected chi connectivity index (χ3v) is 5.27. The van der Waals surface area contributed by atoms with Crippen LogP contribution in [0.15, 0.2) is 41.6 Å². The summed E-state index contributed by atoms with van der Waals surface area (Å²) in [5.41, 5.74) is 0. The highest BCUT2D eigenvalue weighted by atomic mass is 32.2. The van der Waals surface area contributed by atoms with Gasteiger partial charge in [-0.05, 0) is 24.6 Å². The first-order valence-electron chi connectivity index (χ1n) is 7.37. The summed E-state index contributed by atoms with van der Waals surface area (Å²) in [6.07, 6.45) is 3.69. The second-order valence-corrected chi connectivity index (χ2v) is 7.11. The molecule has 0 unspecified atom stereocenters. The maximum Gasteiger partial charge on any atom is 0.257 e. The molecule has 0 amide bonds. The number of hydrogen-bond donors (Lipinski definition) is 1. The van der Waals surface area contributed by atoms with Crippen LogP contribution in [0.2, 0.25) is 0 Å². The number of sulfonamides is 1. The first-order valence-corrected chi connectivity index (χ1v) is 8.86. The molecular formula is C15H17FN4O3S. The minimum Gasteiger partial charge on any atom is -0.478 e.